The first-order valence-corrected chi connectivity index (χ1v) is 8.07. The summed E-state index contributed by atoms with van der Waals surface area (Å²) < 4.78 is 12.6. The normalized spacial score (nSPS) is 27.5. The maximum absolute atomic E-state index is 12.4. The van der Waals surface area contributed by atoms with E-state index in [9.17, 15) is 20.0 Å². The second-order valence-corrected chi connectivity index (χ2v) is 6.74. The van der Waals surface area contributed by atoms with Gasteiger partial charge in [0, 0.05) is 37.1 Å². The first-order chi connectivity index (χ1) is 12.2. The number of fused-ring (bicyclic) bond motifs is 1. The summed E-state index contributed by atoms with van der Waals surface area (Å²) in [5.74, 6) is 0.363. The number of ether oxygens (including phenoxy) is 2. The van der Waals surface area contributed by atoms with Crippen molar-refractivity contribution in [1.82, 2.24) is 4.57 Å². The molecule has 2 aromatic rings. The third-order valence-corrected chi connectivity index (χ3v) is 4.99. The van der Waals surface area contributed by atoms with Gasteiger partial charge < -0.3 is 19.1 Å². The summed E-state index contributed by atoms with van der Waals surface area (Å²) in [7, 11) is 1.49. The van der Waals surface area contributed by atoms with Gasteiger partial charge in [-0.2, -0.15) is 0 Å². The van der Waals surface area contributed by atoms with Crippen molar-refractivity contribution in [3.8, 4) is 5.75 Å². The molecule has 1 aliphatic rings. The molecule has 8 heteroatoms. The predicted octanol–water partition coefficient (Wildman–Crippen LogP) is 1.89. The van der Waals surface area contributed by atoms with Gasteiger partial charge in [0.25, 0.3) is 11.2 Å². The molecule has 0 bridgehead atoms. The highest BCUT2D eigenvalue weighted by Crippen LogP contribution is 2.48. The number of aromatic nitrogens is 1. The van der Waals surface area contributed by atoms with Gasteiger partial charge in [-0.1, -0.05) is 6.07 Å². The quantitative estimate of drug-likeness (QED) is 0.660. The highest BCUT2D eigenvalue weighted by Gasteiger charge is 2.56. The van der Waals surface area contributed by atoms with Crippen molar-refractivity contribution in [2.24, 2.45) is 0 Å². The van der Waals surface area contributed by atoms with E-state index in [-0.39, 0.29) is 17.9 Å². The molecule has 8 nitrogen and oxygen atoms in total. The molecule has 1 aliphatic heterocycles. The van der Waals surface area contributed by atoms with Gasteiger partial charge in [-0.25, -0.2) is 0 Å². The molecule has 1 aromatic heterocycles. The first-order valence-electron chi connectivity index (χ1n) is 8.07. The second-order valence-electron chi connectivity index (χ2n) is 6.74. The minimum absolute atomic E-state index is 0.0640. The average molecular weight is 360 g/mol. The minimum atomic E-state index is -1.59. The molecule has 3 atom stereocenters. The third kappa shape index (κ3) is 2.67. The zero-order chi connectivity index (χ0) is 19.1. The number of hydrogen-bond donors (Lipinski definition) is 1. The van der Waals surface area contributed by atoms with E-state index in [1.165, 1.54) is 42.9 Å². The smallest absolute Gasteiger partial charge is 0.270 e. The van der Waals surface area contributed by atoms with E-state index < -0.39 is 22.2 Å². The van der Waals surface area contributed by atoms with Gasteiger partial charge >= 0.3 is 0 Å². The number of rotatable bonds is 4. The van der Waals surface area contributed by atoms with E-state index in [1.54, 1.807) is 25.3 Å². The van der Waals surface area contributed by atoms with Crippen molar-refractivity contribution in [2.45, 2.75) is 31.1 Å². The monoisotopic (exact) mass is 360 g/mol. The van der Waals surface area contributed by atoms with Crippen molar-refractivity contribution in [1.29, 1.82) is 0 Å². The van der Waals surface area contributed by atoms with Crippen LogP contribution in [0.3, 0.4) is 0 Å². The molecule has 3 rings (SSSR count). The maximum Gasteiger partial charge on any atom is 0.270 e. The molecule has 0 saturated heterocycles. The van der Waals surface area contributed by atoms with Crippen LogP contribution in [-0.2, 0) is 4.74 Å². The number of nitro benzene ring substituents is 1. The molecular formula is C18H20N2O6. The standard InChI is InChI=1S/C18H20N2O6/c1-17(11-25-3)18(2,22)16(19-9-5-4-6-15(19)21)13-10-12(20(23)24)7-8-14(13)26-17/h4-10,16,22H,11H2,1-3H3. The van der Waals surface area contributed by atoms with Crippen LogP contribution in [-0.4, -0.2) is 39.5 Å². The fourth-order valence-corrected chi connectivity index (χ4v) is 3.42. The largest absolute Gasteiger partial charge is 0.482 e. The Balaban J connectivity index is 2.31. The summed E-state index contributed by atoms with van der Waals surface area (Å²) in [6.07, 6.45) is 1.54. The number of aliphatic hydroxyl groups is 1. The van der Waals surface area contributed by atoms with Gasteiger partial charge in [-0.15, -0.1) is 0 Å². The molecule has 138 valence electrons. The molecule has 1 aromatic carbocycles. The molecule has 0 amide bonds. The first kappa shape index (κ1) is 18.1. The van der Waals surface area contributed by atoms with Crippen LogP contribution >= 0.6 is 0 Å². The molecule has 0 fully saturated rings. The summed E-state index contributed by atoms with van der Waals surface area (Å²) >= 11 is 0. The molecule has 2 heterocycles. The van der Waals surface area contributed by atoms with Crippen molar-refractivity contribution in [3.63, 3.8) is 0 Å². The Kier molecular flexibility index (Phi) is 4.33. The molecule has 1 N–H and O–H groups in total. The van der Waals surface area contributed by atoms with Gasteiger partial charge in [0.2, 0.25) is 0 Å². The molecule has 0 aliphatic carbocycles. The lowest BCUT2D eigenvalue weighted by molar-refractivity contribution is -0.385. The number of pyridine rings is 1. The van der Waals surface area contributed by atoms with Crippen LogP contribution in [0.2, 0.25) is 0 Å². The lowest BCUT2D eigenvalue weighted by Crippen LogP contribution is -2.64. The molecular weight excluding hydrogens is 340 g/mol. The fraction of sp³-hybridized carbons (Fsp3) is 0.389. The van der Waals surface area contributed by atoms with Crippen LogP contribution in [0.15, 0.2) is 47.4 Å². The molecule has 0 saturated carbocycles. The Morgan fingerprint density at radius 2 is 2.08 bits per heavy atom. The summed E-state index contributed by atoms with van der Waals surface area (Å²) in [6, 6.07) is 7.89. The Morgan fingerprint density at radius 3 is 2.69 bits per heavy atom. The number of non-ortho nitro benzene ring substituents is 1. The molecule has 0 spiro atoms. The van der Waals surface area contributed by atoms with Crippen molar-refractivity contribution in [2.75, 3.05) is 13.7 Å². The highest BCUT2D eigenvalue weighted by atomic mass is 16.6. The van der Waals surface area contributed by atoms with Gasteiger partial charge in [0.1, 0.15) is 11.4 Å². The lowest BCUT2D eigenvalue weighted by Gasteiger charge is -2.51. The van der Waals surface area contributed by atoms with Crippen LogP contribution in [0.5, 0.6) is 5.75 Å². The van der Waals surface area contributed by atoms with E-state index in [1.807, 2.05) is 0 Å². The summed E-state index contributed by atoms with van der Waals surface area (Å²) in [5.41, 5.74) is -2.88. The van der Waals surface area contributed by atoms with Gasteiger partial charge in [0.15, 0.2) is 5.60 Å². The zero-order valence-electron chi connectivity index (χ0n) is 14.7. The van der Waals surface area contributed by atoms with Crippen molar-refractivity contribution < 1.29 is 19.5 Å². The Hall–Kier alpha value is -2.71. The summed E-state index contributed by atoms with van der Waals surface area (Å²) in [4.78, 5) is 23.1. The number of methoxy groups -OCH3 is 1. The number of hydrogen-bond acceptors (Lipinski definition) is 6. The van der Waals surface area contributed by atoms with Crippen LogP contribution in [0, 0.1) is 10.1 Å². The second kappa shape index (κ2) is 6.22. The Morgan fingerprint density at radius 1 is 1.35 bits per heavy atom. The molecule has 0 radical (unpaired) electrons. The summed E-state index contributed by atoms with van der Waals surface area (Å²) in [6.45, 7) is 3.29. The lowest BCUT2D eigenvalue weighted by atomic mass is 9.74. The van der Waals surface area contributed by atoms with Crippen molar-refractivity contribution in [3.05, 3.63) is 68.6 Å². The van der Waals surface area contributed by atoms with Crippen molar-refractivity contribution >= 4 is 5.69 Å². The van der Waals surface area contributed by atoms with Crippen LogP contribution in [0.4, 0.5) is 5.69 Å². The predicted molar refractivity (Wildman–Crippen MR) is 93.5 cm³/mol. The van der Waals surface area contributed by atoms with Crippen LogP contribution in [0.1, 0.15) is 25.5 Å². The van der Waals surface area contributed by atoms with E-state index in [4.69, 9.17) is 9.47 Å². The molecule has 26 heavy (non-hydrogen) atoms. The SMILES string of the molecule is COCC1(C)Oc2ccc([N+](=O)[O-])cc2C(n2ccccc2=O)C1(C)O. The van der Waals surface area contributed by atoms with E-state index in [2.05, 4.69) is 0 Å². The van der Waals surface area contributed by atoms with Gasteiger partial charge in [-0.05, 0) is 26.0 Å². The number of nitro groups is 1. The topological polar surface area (TPSA) is 104 Å². The zero-order valence-corrected chi connectivity index (χ0v) is 14.7. The van der Waals surface area contributed by atoms with E-state index in [0.29, 0.717) is 11.3 Å². The van der Waals surface area contributed by atoms with Crippen LogP contribution < -0.4 is 10.3 Å². The van der Waals surface area contributed by atoms with E-state index in [0.717, 1.165) is 0 Å². The minimum Gasteiger partial charge on any atom is -0.482 e. The van der Waals surface area contributed by atoms with Gasteiger partial charge in [-0.3, -0.25) is 14.9 Å². The average Bonchev–Trinajstić information content (AvgIpc) is 2.57. The number of nitrogens with zero attached hydrogens (tertiary/aromatic N) is 2. The Bertz CT molecular complexity index is 907. The van der Waals surface area contributed by atoms with Gasteiger partial charge in [0.05, 0.1) is 17.6 Å². The maximum atomic E-state index is 12.4. The highest BCUT2D eigenvalue weighted by molar-refractivity contribution is 5.49. The number of benzene rings is 1. The molecule has 3 unspecified atom stereocenters. The van der Waals surface area contributed by atoms with E-state index >= 15 is 0 Å². The third-order valence-electron chi connectivity index (χ3n) is 4.99. The fourth-order valence-electron chi connectivity index (χ4n) is 3.42. The Labute approximate surface area is 149 Å². The van der Waals surface area contributed by atoms with Crippen LogP contribution in [0.25, 0.3) is 0 Å². The summed E-state index contributed by atoms with van der Waals surface area (Å²) in [5, 5.41) is 22.6.